The number of nitrogens with one attached hydrogen (secondary N) is 5. The molecule has 12 heteroatoms. The van der Waals surface area contributed by atoms with Crippen molar-refractivity contribution in [2.24, 2.45) is 5.92 Å². The molecular weight excluding hydrogens is 576 g/mol. The normalized spacial score (nSPS) is 23.6. The van der Waals surface area contributed by atoms with Crippen molar-refractivity contribution >= 4 is 29.5 Å². The number of para-hydroxylation sites is 1. The zero-order valence-corrected chi connectivity index (χ0v) is 26.8. The maximum absolute atomic E-state index is 13.8. The van der Waals surface area contributed by atoms with E-state index in [9.17, 15) is 24.0 Å². The molecule has 0 aromatic heterocycles. The summed E-state index contributed by atoms with van der Waals surface area (Å²) in [5.74, 6) is -2.25. The Morgan fingerprint density at radius 3 is 2.47 bits per heavy atom. The first-order valence-electron chi connectivity index (χ1n) is 16.6. The third kappa shape index (κ3) is 9.66. The number of nitrogens with zero attached hydrogens (tertiary/aromatic N) is 1. The molecule has 12 nitrogen and oxygen atoms in total. The van der Waals surface area contributed by atoms with E-state index >= 15 is 0 Å². The number of carbonyl (C=O) groups is 5. The molecule has 3 aliphatic rings. The SMILES string of the molecule is CC(C)[C@H]1NC(=O)C2(CCCCC2)NC(=O)C[C@@H](C(=O)NCCCCN2CCCC2)NC(=O)c2ccccc2OCCNC1=O. The van der Waals surface area contributed by atoms with Crippen LogP contribution in [0.25, 0.3) is 0 Å². The van der Waals surface area contributed by atoms with Crippen molar-refractivity contribution in [2.75, 3.05) is 39.3 Å². The summed E-state index contributed by atoms with van der Waals surface area (Å²) in [7, 11) is 0. The van der Waals surface area contributed by atoms with Crippen LogP contribution in [0.2, 0.25) is 0 Å². The van der Waals surface area contributed by atoms with Crippen LogP contribution in [0.4, 0.5) is 0 Å². The smallest absolute Gasteiger partial charge is 0.255 e. The molecule has 1 spiro atoms. The maximum atomic E-state index is 13.8. The summed E-state index contributed by atoms with van der Waals surface area (Å²) in [6.07, 6.45) is 7.05. The minimum atomic E-state index is -1.22. The minimum Gasteiger partial charge on any atom is -0.491 e. The number of ether oxygens (including phenoxy) is 1. The molecule has 1 saturated heterocycles. The van der Waals surface area contributed by atoms with Gasteiger partial charge in [0.25, 0.3) is 5.91 Å². The quantitative estimate of drug-likeness (QED) is 0.288. The van der Waals surface area contributed by atoms with Gasteiger partial charge in [0.15, 0.2) is 0 Å². The van der Waals surface area contributed by atoms with Crippen molar-refractivity contribution in [3.63, 3.8) is 0 Å². The number of benzene rings is 1. The van der Waals surface area contributed by atoms with Gasteiger partial charge in [-0.15, -0.1) is 0 Å². The third-order valence-electron chi connectivity index (χ3n) is 8.96. The number of fused-ring (bicyclic) bond motifs is 1. The molecule has 0 radical (unpaired) electrons. The van der Waals surface area contributed by atoms with E-state index in [4.69, 9.17) is 4.74 Å². The molecule has 1 aromatic rings. The summed E-state index contributed by atoms with van der Waals surface area (Å²) in [5, 5.41) is 14.3. The largest absolute Gasteiger partial charge is 0.491 e. The number of carbonyl (C=O) groups excluding carboxylic acids is 5. The summed E-state index contributed by atoms with van der Waals surface area (Å²) < 4.78 is 5.84. The monoisotopic (exact) mass is 626 g/mol. The summed E-state index contributed by atoms with van der Waals surface area (Å²) >= 11 is 0. The first-order chi connectivity index (χ1) is 21.7. The number of likely N-dealkylation sites (tertiary alicyclic amines) is 1. The second kappa shape index (κ2) is 16.6. The van der Waals surface area contributed by atoms with Crippen molar-refractivity contribution in [1.82, 2.24) is 31.5 Å². The van der Waals surface area contributed by atoms with Gasteiger partial charge in [0.2, 0.25) is 23.6 Å². The van der Waals surface area contributed by atoms with Crippen LogP contribution < -0.4 is 31.3 Å². The Morgan fingerprint density at radius 1 is 1.00 bits per heavy atom. The Bertz CT molecular complexity index is 1190. The minimum absolute atomic E-state index is 0.0834. The highest BCUT2D eigenvalue weighted by atomic mass is 16.5. The fraction of sp³-hybridized carbons (Fsp3) is 0.667. The number of unbranched alkanes of at least 4 members (excludes halogenated alkanes) is 1. The number of rotatable bonds is 7. The fourth-order valence-electron chi connectivity index (χ4n) is 6.35. The average Bonchev–Trinajstić information content (AvgIpc) is 3.54. The fourth-order valence-corrected chi connectivity index (χ4v) is 6.35. The highest BCUT2D eigenvalue weighted by Gasteiger charge is 2.43. The van der Waals surface area contributed by atoms with Gasteiger partial charge in [0, 0.05) is 6.54 Å². The molecule has 5 N–H and O–H groups in total. The predicted octanol–water partition coefficient (Wildman–Crippen LogP) is 1.64. The third-order valence-corrected chi connectivity index (χ3v) is 8.96. The van der Waals surface area contributed by atoms with Crippen molar-refractivity contribution in [1.29, 1.82) is 0 Å². The molecule has 5 amide bonds. The van der Waals surface area contributed by atoms with Crippen LogP contribution in [0, 0.1) is 5.92 Å². The zero-order chi connectivity index (χ0) is 32.2. The topological polar surface area (TPSA) is 158 Å². The predicted molar refractivity (Wildman–Crippen MR) is 169 cm³/mol. The van der Waals surface area contributed by atoms with Crippen LogP contribution >= 0.6 is 0 Å². The van der Waals surface area contributed by atoms with Gasteiger partial charge in [-0.3, -0.25) is 24.0 Å². The van der Waals surface area contributed by atoms with Crippen molar-refractivity contribution in [2.45, 2.75) is 95.7 Å². The molecular formula is C33H50N6O6. The van der Waals surface area contributed by atoms with E-state index in [0.717, 1.165) is 51.7 Å². The first-order valence-corrected chi connectivity index (χ1v) is 16.6. The Morgan fingerprint density at radius 2 is 1.73 bits per heavy atom. The lowest BCUT2D eigenvalue weighted by Gasteiger charge is -2.38. The van der Waals surface area contributed by atoms with Gasteiger partial charge in [-0.05, 0) is 76.2 Å². The highest BCUT2D eigenvalue weighted by molar-refractivity contribution is 6.01. The molecule has 0 bridgehead atoms. The van der Waals surface area contributed by atoms with E-state index in [1.165, 1.54) is 12.8 Å². The van der Waals surface area contributed by atoms with Crippen LogP contribution in [0.5, 0.6) is 5.75 Å². The van der Waals surface area contributed by atoms with Gasteiger partial charge in [-0.25, -0.2) is 0 Å². The Labute approximate surface area is 266 Å². The van der Waals surface area contributed by atoms with Crippen molar-refractivity contribution in [3.8, 4) is 5.75 Å². The Balaban J connectivity index is 1.54. The van der Waals surface area contributed by atoms with Crippen LogP contribution in [0.1, 0.15) is 88.4 Å². The van der Waals surface area contributed by atoms with Gasteiger partial charge in [0.1, 0.15) is 30.0 Å². The van der Waals surface area contributed by atoms with Crippen LogP contribution in [0.15, 0.2) is 24.3 Å². The van der Waals surface area contributed by atoms with E-state index < -0.39 is 41.3 Å². The number of amides is 5. The summed E-state index contributed by atoms with van der Waals surface area (Å²) in [5.41, 5.74) is -1.01. The van der Waals surface area contributed by atoms with Gasteiger partial charge in [-0.2, -0.15) is 0 Å². The summed E-state index contributed by atoms with van der Waals surface area (Å²) in [6.45, 7) is 7.56. The molecule has 45 heavy (non-hydrogen) atoms. The Hall–Kier alpha value is -3.67. The van der Waals surface area contributed by atoms with E-state index in [-0.39, 0.29) is 42.7 Å². The van der Waals surface area contributed by atoms with E-state index in [0.29, 0.717) is 19.4 Å². The lowest BCUT2D eigenvalue weighted by atomic mass is 9.80. The standard InChI is InChI=1S/C33H50N6O6/c1-23(2)28-31(43)35-17-21-45-26-13-5-4-12-24(26)29(41)36-25(30(42)34-16-8-9-18-39-19-10-11-20-39)22-27(40)38-33(32(44)37-28)14-6-3-7-15-33/h4-5,12-13,23,25,28H,3,6-11,14-22H2,1-2H3,(H,34,42)(H,35,43)(H,36,41)(H,37,44)(H,38,40)/t25-,28+/m0/s1. The molecule has 1 saturated carbocycles. The molecule has 0 unspecified atom stereocenters. The van der Waals surface area contributed by atoms with Crippen molar-refractivity contribution < 1.29 is 28.7 Å². The maximum Gasteiger partial charge on any atom is 0.255 e. The Kier molecular flexibility index (Phi) is 12.6. The summed E-state index contributed by atoms with van der Waals surface area (Å²) in [4.78, 5) is 69.8. The summed E-state index contributed by atoms with van der Waals surface area (Å²) in [6, 6.07) is 4.64. The van der Waals surface area contributed by atoms with E-state index in [1.807, 2.05) is 13.8 Å². The van der Waals surface area contributed by atoms with Crippen LogP contribution in [0.3, 0.4) is 0 Å². The number of hydrogen-bond acceptors (Lipinski definition) is 7. The van der Waals surface area contributed by atoms with E-state index in [2.05, 4.69) is 31.5 Å². The van der Waals surface area contributed by atoms with Crippen LogP contribution in [-0.4, -0.2) is 91.4 Å². The van der Waals surface area contributed by atoms with Gasteiger partial charge in [0.05, 0.1) is 18.5 Å². The molecule has 2 atom stereocenters. The molecule has 1 aliphatic carbocycles. The van der Waals surface area contributed by atoms with Crippen molar-refractivity contribution in [3.05, 3.63) is 29.8 Å². The van der Waals surface area contributed by atoms with Gasteiger partial charge >= 0.3 is 0 Å². The average molecular weight is 627 g/mol. The van der Waals surface area contributed by atoms with E-state index in [1.54, 1.807) is 24.3 Å². The second-order valence-electron chi connectivity index (χ2n) is 12.8. The molecule has 248 valence electrons. The molecule has 4 rings (SSSR count). The first kappa shape index (κ1) is 34.2. The van der Waals surface area contributed by atoms with Crippen LogP contribution in [-0.2, 0) is 19.2 Å². The second-order valence-corrected chi connectivity index (χ2v) is 12.8. The zero-order valence-electron chi connectivity index (χ0n) is 26.8. The number of hydrogen-bond donors (Lipinski definition) is 5. The van der Waals surface area contributed by atoms with Gasteiger partial charge < -0.3 is 36.2 Å². The molecule has 2 heterocycles. The molecule has 2 fully saturated rings. The highest BCUT2D eigenvalue weighted by Crippen LogP contribution is 2.29. The molecule has 1 aromatic carbocycles. The lowest BCUT2D eigenvalue weighted by molar-refractivity contribution is -0.138. The van der Waals surface area contributed by atoms with Gasteiger partial charge in [-0.1, -0.05) is 45.2 Å². The molecule has 2 aliphatic heterocycles. The lowest BCUT2D eigenvalue weighted by Crippen LogP contribution is -2.64.